The molecular formula is C13H25NO. The average Bonchev–Trinajstić information content (AvgIpc) is 2.17. The van der Waals surface area contributed by atoms with Crippen LogP contribution in [0.4, 0.5) is 0 Å². The van der Waals surface area contributed by atoms with Crippen LogP contribution in [0.1, 0.15) is 47.0 Å². The minimum atomic E-state index is 0.258. The van der Waals surface area contributed by atoms with Gasteiger partial charge >= 0.3 is 0 Å². The van der Waals surface area contributed by atoms with Gasteiger partial charge in [0.05, 0.1) is 0 Å². The molecule has 0 saturated heterocycles. The first kappa shape index (κ1) is 12.5. The van der Waals surface area contributed by atoms with Gasteiger partial charge in [-0.15, -0.1) is 0 Å². The van der Waals surface area contributed by atoms with Crippen molar-refractivity contribution >= 4 is 5.91 Å². The van der Waals surface area contributed by atoms with E-state index in [1.807, 2.05) is 6.92 Å². The molecule has 0 spiro atoms. The fourth-order valence-corrected chi connectivity index (χ4v) is 2.81. The maximum absolute atomic E-state index is 11.9. The molecule has 1 aliphatic carbocycles. The van der Waals surface area contributed by atoms with Gasteiger partial charge in [0.25, 0.3) is 0 Å². The second-order valence-electron chi connectivity index (χ2n) is 5.33. The molecule has 2 nitrogen and oxygen atoms in total. The Hall–Kier alpha value is -0.530. The first-order chi connectivity index (χ1) is 7.06. The van der Waals surface area contributed by atoms with E-state index in [1.54, 1.807) is 0 Å². The van der Waals surface area contributed by atoms with Crippen LogP contribution in [0.25, 0.3) is 0 Å². The summed E-state index contributed by atoms with van der Waals surface area (Å²) in [6.07, 6.45) is 3.59. The summed E-state index contributed by atoms with van der Waals surface area (Å²) in [4.78, 5) is 11.9. The smallest absolute Gasteiger partial charge is 0.223 e. The van der Waals surface area contributed by atoms with Gasteiger partial charge in [-0.3, -0.25) is 4.79 Å². The third kappa shape index (κ3) is 3.22. The molecule has 2 heteroatoms. The molecule has 1 unspecified atom stereocenters. The standard InChI is InChI=1S/C13H25NO/c1-5-14-13(15)12-8-10(4)6-7-11(12)9(2)3/h9-12H,5-8H2,1-4H3,(H,14,15)/t10-,11+,12?/m1/s1. The molecule has 0 aliphatic heterocycles. The van der Waals surface area contributed by atoms with Crippen molar-refractivity contribution in [2.24, 2.45) is 23.7 Å². The second-order valence-corrected chi connectivity index (χ2v) is 5.33. The van der Waals surface area contributed by atoms with E-state index in [4.69, 9.17) is 0 Å². The number of amides is 1. The Morgan fingerprint density at radius 2 is 2.07 bits per heavy atom. The van der Waals surface area contributed by atoms with Crippen molar-refractivity contribution in [2.75, 3.05) is 6.54 Å². The highest BCUT2D eigenvalue weighted by Crippen LogP contribution is 2.37. The number of carbonyl (C=O) groups excluding carboxylic acids is 1. The number of hydrogen-bond donors (Lipinski definition) is 1. The minimum absolute atomic E-state index is 0.258. The zero-order valence-corrected chi connectivity index (χ0v) is 10.5. The lowest BCUT2D eigenvalue weighted by Crippen LogP contribution is -2.40. The summed E-state index contributed by atoms with van der Waals surface area (Å²) in [7, 11) is 0. The van der Waals surface area contributed by atoms with E-state index in [0.29, 0.717) is 17.8 Å². The Balaban J connectivity index is 2.65. The summed E-state index contributed by atoms with van der Waals surface area (Å²) in [5, 5.41) is 2.98. The zero-order chi connectivity index (χ0) is 11.4. The summed E-state index contributed by atoms with van der Waals surface area (Å²) in [6, 6.07) is 0. The van der Waals surface area contributed by atoms with Gasteiger partial charge in [0, 0.05) is 12.5 Å². The van der Waals surface area contributed by atoms with Crippen molar-refractivity contribution < 1.29 is 4.79 Å². The lowest BCUT2D eigenvalue weighted by molar-refractivity contribution is -0.129. The van der Waals surface area contributed by atoms with E-state index in [1.165, 1.54) is 12.8 Å². The monoisotopic (exact) mass is 211 g/mol. The van der Waals surface area contributed by atoms with Crippen LogP contribution < -0.4 is 5.32 Å². The molecule has 0 aromatic heterocycles. The Labute approximate surface area is 93.8 Å². The molecule has 1 rings (SSSR count). The molecule has 0 aromatic rings. The van der Waals surface area contributed by atoms with Crippen molar-refractivity contribution in [1.82, 2.24) is 5.32 Å². The van der Waals surface area contributed by atoms with Crippen molar-refractivity contribution in [3.8, 4) is 0 Å². The first-order valence-corrected chi connectivity index (χ1v) is 6.34. The molecule has 15 heavy (non-hydrogen) atoms. The Kier molecular flexibility index (Phi) is 4.62. The zero-order valence-electron chi connectivity index (χ0n) is 10.5. The first-order valence-electron chi connectivity index (χ1n) is 6.34. The molecule has 0 bridgehead atoms. The van der Waals surface area contributed by atoms with Gasteiger partial charge in [-0.05, 0) is 37.5 Å². The van der Waals surface area contributed by atoms with Crippen LogP contribution in [0.15, 0.2) is 0 Å². The Bertz CT molecular complexity index is 213. The van der Waals surface area contributed by atoms with Crippen LogP contribution >= 0.6 is 0 Å². The lowest BCUT2D eigenvalue weighted by Gasteiger charge is -2.36. The third-order valence-electron chi connectivity index (χ3n) is 3.71. The molecule has 0 radical (unpaired) electrons. The van der Waals surface area contributed by atoms with Crippen molar-refractivity contribution in [2.45, 2.75) is 47.0 Å². The van der Waals surface area contributed by atoms with Crippen LogP contribution in [0.5, 0.6) is 0 Å². The lowest BCUT2D eigenvalue weighted by atomic mass is 9.70. The van der Waals surface area contributed by atoms with Crippen molar-refractivity contribution in [1.29, 1.82) is 0 Å². The van der Waals surface area contributed by atoms with E-state index in [-0.39, 0.29) is 11.8 Å². The molecule has 1 amide bonds. The van der Waals surface area contributed by atoms with Gasteiger partial charge < -0.3 is 5.32 Å². The van der Waals surface area contributed by atoms with E-state index in [0.717, 1.165) is 13.0 Å². The van der Waals surface area contributed by atoms with Gasteiger partial charge in [-0.2, -0.15) is 0 Å². The molecule has 1 saturated carbocycles. The third-order valence-corrected chi connectivity index (χ3v) is 3.71. The maximum atomic E-state index is 11.9. The summed E-state index contributed by atoms with van der Waals surface area (Å²) in [5.41, 5.74) is 0. The topological polar surface area (TPSA) is 29.1 Å². The number of nitrogens with one attached hydrogen (secondary N) is 1. The summed E-state index contributed by atoms with van der Waals surface area (Å²) < 4.78 is 0. The molecule has 1 N–H and O–H groups in total. The fourth-order valence-electron chi connectivity index (χ4n) is 2.81. The fraction of sp³-hybridized carbons (Fsp3) is 0.923. The average molecular weight is 211 g/mol. The van der Waals surface area contributed by atoms with Gasteiger partial charge in [0.15, 0.2) is 0 Å². The van der Waals surface area contributed by atoms with Crippen molar-refractivity contribution in [3.63, 3.8) is 0 Å². The van der Waals surface area contributed by atoms with Crippen LogP contribution in [0.2, 0.25) is 0 Å². The van der Waals surface area contributed by atoms with Gasteiger partial charge in [0.2, 0.25) is 5.91 Å². The predicted molar refractivity (Wildman–Crippen MR) is 63.5 cm³/mol. The highest BCUT2D eigenvalue weighted by molar-refractivity contribution is 5.79. The minimum Gasteiger partial charge on any atom is -0.356 e. The van der Waals surface area contributed by atoms with E-state index in [9.17, 15) is 4.79 Å². The molecular weight excluding hydrogens is 186 g/mol. The highest BCUT2D eigenvalue weighted by atomic mass is 16.1. The van der Waals surface area contributed by atoms with Gasteiger partial charge in [0.1, 0.15) is 0 Å². The van der Waals surface area contributed by atoms with Crippen LogP contribution in [0.3, 0.4) is 0 Å². The normalized spacial score (nSPS) is 31.7. The predicted octanol–water partition coefficient (Wildman–Crippen LogP) is 2.83. The molecule has 3 atom stereocenters. The molecule has 0 heterocycles. The van der Waals surface area contributed by atoms with Crippen LogP contribution in [-0.2, 0) is 4.79 Å². The van der Waals surface area contributed by atoms with E-state index < -0.39 is 0 Å². The molecule has 1 aliphatic rings. The van der Waals surface area contributed by atoms with Gasteiger partial charge in [-0.25, -0.2) is 0 Å². The maximum Gasteiger partial charge on any atom is 0.223 e. The second kappa shape index (κ2) is 5.53. The van der Waals surface area contributed by atoms with Gasteiger partial charge in [-0.1, -0.05) is 27.2 Å². The van der Waals surface area contributed by atoms with E-state index in [2.05, 4.69) is 26.1 Å². The number of hydrogen-bond acceptors (Lipinski definition) is 1. The largest absolute Gasteiger partial charge is 0.356 e. The SMILES string of the molecule is CCNC(=O)C1C[C@H](C)CC[C@H]1C(C)C. The van der Waals surface area contributed by atoms with E-state index >= 15 is 0 Å². The van der Waals surface area contributed by atoms with Crippen molar-refractivity contribution in [3.05, 3.63) is 0 Å². The Morgan fingerprint density at radius 1 is 1.40 bits per heavy atom. The van der Waals surface area contributed by atoms with Crippen LogP contribution in [0, 0.1) is 23.7 Å². The quantitative estimate of drug-likeness (QED) is 0.764. The Morgan fingerprint density at radius 3 is 2.60 bits per heavy atom. The highest BCUT2D eigenvalue weighted by Gasteiger charge is 2.34. The summed E-state index contributed by atoms with van der Waals surface area (Å²) in [5.74, 6) is 2.47. The van der Waals surface area contributed by atoms with Crippen LogP contribution in [-0.4, -0.2) is 12.5 Å². The molecule has 0 aromatic carbocycles. The summed E-state index contributed by atoms with van der Waals surface area (Å²) >= 11 is 0. The molecule has 88 valence electrons. The molecule has 1 fully saturated rings. The summed E-state index contributed by atoms with van der Waals surface area (Å²) in [6.45, 7) is 9.51. The number of rotatable bonds is 3. The number of carbonyl (C=O) groups is 1.